The van der Waals surface area contributed by atoms with Crippen LogP contribution in [0.1, 0.15) is 68.4 Å². The van der Waals surface area contributed by atoms with Gasteiger partial charge in [0.2, 0.25) is 0 Å². The van der Waals surface area contributed by atoms with E-state index >= 15 is 0 Å². The van der Waals surface area contributed by atoms with E-state index in [0.717, 1.165) is 5.56 Å². The number of rotatable bonds is 11. The van der Waals surface area contributed by atoms with Crippen LogP contribution in [0.4, 0.5) is 10.5 Å². The van der Waals surface area contributed by atoms with Gasteiger partial charge in [-0.2, -0.15) is 0 Å². The van der Waals surface area contributed by atoms with Gasteiger partial charge in [-0.3, -0.25) is 10.1 Å². The lowest BCUT2D eigenvalue weighted by molar-refractivity contribution is 0.0635. The molecule has 42 heavy (non-hydrogen) atoms. The van der Waals surface area contributed by atoms with Crippen LogP contribution in [0, 0.1) is 12.8 Å². The average molecular weight is 596 g/mol. The lowest BCUT2D eigenvalue weighted by atomic mass is 9.83. The summed E-state index contributed by atoms with van der Waals surface area (Å²) in [5.41, 5.74) is 1.16. The smallest absolute Gasteiger partial charge is 0.412 e. The number of nitrogens with one attached hydrogen (secondary N) is 1. The predicted molar refractivity (Wildman–Crippen MR) is 165 cm³/mol. The molecule has 3 aromatic carbocycles. The highest BCUT2D eigenvalue weighted by molar-refractivity contribution is 7.93. The fraction of sp³-hybridized carbons (Fsp3) is 0.394. The largest absolute Gasteiger partial charge is 0.497 e. The van der Waals surface area contributed by atoms with Crippen LogP contribution in [0.3, 0.4) is 0 Å². The van der Waals surface area contributed by atoms with Crippen LogP contribution in [0.5, 0.6) is 11.5 Å². The van der Waals surface area contributed by atoms with Crippen LogP contribution < -0.4 is 14.8 Å². The SMILES string of the molecule is COc1ccc(C(=O)C(C(CC(C)C)c2cc(OC)ccc2NC(=O)OC(C)(C)C)S(=O)(=O)c2ccc(C)cc2)cc1. The first-order valence-electron chi connectivity index (χ1n) is 13.8. The second-order valence-corrected chi connectivity index (χ2v) is 13.8. The van der Waals surface area contributed by atoms with Crippen LogP contribution in [-0.2, 0) is 14.6 Å². The number of anilines is 1. The molecule has 0 aromatic heterocycles. The lowest BCUT2D eigenvalue weighted by Gasteiger charge is -2.30. The van der Waals surface area contributed by atoms with Gasteiger partial charge < -0.3 is 14.2 Å². The number of amides is 1. The molecule has 0 saturated heterocycles. The third-order valence-corrected chi connectivity index (χ3v) is 8.84. The van der Waals surface area contributed by atoms with Crippen LogP contribution >= 0.6 is 0 Å². The van der Waals surface area contributed by atoms with E-state index in [1.165, 1.54) is 26.4 Å². The van der Waals surface area contributed by atoms with Gasteiger partial charge in [0.05, 0.1) is 19.1 Å². The zero-order valence-corrected chi connectivity index (χ0v) is 26.4. The van der Waals surface area contributed by atoms with E-state index < -0.39 is 38.5 Å². The molecule has 226 valence electrons. The molecule has 0 heterocycles. The molecule has 3 aromatic rings. The molecule has 2 atom stereocenters. The number of hydrogen-bond acceptors (Lipinski definition) is 7. The van der Waals surface area contributed by atoms with E-state index in [-0.39, 0.29) is 16.4 Å². The molecule has 1 amide bonds. The van der Waals surface area contributed by atoms with Crippen LogP contribution in [0.2, 0.25) is 0 Å². The van der Waals surface area contributed by atoms with Crippen molar-refractivity contribution in [2.45, 2.75) is 69.6 Å². The Morgan fingerprint density at radius 1 is 0.857 bits per heavy atom. The fourth-order valence-electron chi connectivity index (χ4n) is 4.76. The summed E-state index contributed by atoms with van der Waals surface area (Å²) < 4.78 is 45.1. The van der Waals surface area contributed by atoms with Crippen molar-refractivity contribution in [3.8, 4) is 11.5 Å². The summed E-state index contributed by atoms with van der Waals surface area (Å²) in [4.78, 5) is 27.2. The molecule has 1 N–H and O–H groups in total. The summed E-state index contributed by atoms with van der Waals surface area (Å²) in [6.45, 7) is 11.0. The Kier molecular flexibility index (Phi) is 10.4. The van der Waals surface area contributed by atoms with Crippen LogP contribution in [-0.4, -0.2) is 45.4 Å². The minimum atomic E-state index is -4.23. The standard InChI is InChI=1S/C33H41NO7S/c1-21(2)19-28(27-20-25(40-8)15-18-29(27)34-32(36)41-33(4,5)6)31(30(35)23-11-13-24(39-7)14-12-23)42(37,38)26-16-9-22(3)10-17-26/h9-18,20-21,28,31H,19H2,1-8H3,(H,34,36). The van der Waals surface area contributed by atoms with Crippen molar-refractivity contribution in [1.82, 2.24) is 0 Å². The molecule has 0 bridgehead atoms. The number of hydrogen-bond donors (Lipinski definition) is 1. The van der Waals surface area contributed by atoms with Crippen LogP contribution in [0.25, 0.3) is 0 Å². The molecule has 0 saturated carbocycles. The average Bonchev–Trinajstić information content (AvgIpc) is 2.91. The second-order valence-electron chi connectivity index (χ2n) is 11.7. The molecule has 9 heteroatoms. The number of methoxy groups -OCH3 is 2. The first-order chi connectivity index (χ1) is 19.7. The highest BCUT2D eigenvalue weighted by Crippen LogP contribution is 2.41. The van der Waals surface area contributed by atoms with Crippen LogP contribution in [0.15, 0.2) is 71.6 Å². The molecular weight excluding hydrogens is 554 g/mol. The number of benzene rings is 3. The molecule has 2 unspecified atom stereocenters. The van der Waals surface area contributed by atoms with Gasteiger partial charge >= 0.3 is 6.09 Å². The van der Waals surface area contributed by atoms with Gasteiger partial charge in [0.1, 0.15) is 22.4 Å². The molecule has 0 spiro atoms. The summed E-state index contributed by atoms with van der Waals surface area (Å²) in [6, 6.07) is 17.8. The van der Waals surface area contributed by atoms with Crippen molar-refractivity contribution in [2.75, 3.05) is 19.5 Å². The van der Waals surface area contributed by atoms with Crippen molar-refractivity contribution in [3.05, 3.63) is 83.4 Å². The summed E-state index contributed by atoms with van der Waals surface area (Å²) >= 11 is 0. The summed E-state index contributed by atoms with van der Waals surface area (Å²) in [5.74, 6) is -0.424. The monoisotopic (exact) mass is 595 g/mol. The summed E-state index contributed by atoms with van der Waals surface area (Å²) in [5, 5.41) is 1.27. The minimum Gasteiger partial charge on any atom is -0.497 e. The Hall–Kier alpha value is -3.85. The van der Waals surface area contributed by atoms with E-state index in [2.05, 4.69) is 5.32 Å². The molecule has 3 rings (SSSR count). The Balaban J connectivity index is 2.29. The second kappa shape index (κ2) is 13.4. The number of sulfone groups is 1. The number of Topliss-reactive ketones (excluding diaryl/α,β-unsaturated/α-hetero) is 1. The van der Waals surface area contributed by atoms with Crippen molar-refractivity contribution >= 4 is 27.4 Å². The van der Waals surface area contributed by atoms with Crippen molar-refractivity contribution < 1.29 is 32.2 Å². The van der Waals surface area contributed by atoms with Crippen molar-refractivity contribution in [1.29, 1.82) is 0 Å². The van der Waals surface area contributed by atoms with Gasteiger partial charge in [0.15, 0.2) is 15.6 Å². The van der Waals surface area contributed by atoms with E-state index in [9.17, 15) is 18.0 Å². The lowest BCUT2D eigenvalue weighted by Crippen LogP contribution is -2.38. The highest BCUT2D eigenvalue weighted by Gasteiger charge is 2.43. The highest BCUT2D eigenvalue weighted by atomic mass is 32.2. The number of carbonyl (C=O) groups is 2. The van der Waals surface area contributed by atoms with Crippen molar-refractivity contribution in [2.24, 2.45) is 5.92 Å². The van der Waals surface area contributed by atoms with E-state index in [0.29, 0.717) is 29.2 Å². The molecule has 0 fully saturated rings. The van der Waals surface area contributed by atoms with E-state index in [1.54, 1.807) is 75.4 Å². The number of ketones is 1. The Bertz CT molecular complexity index is 1490. The third-order valence-electron chi connectivity index (χ3n) is 6.70. The molecular formula is C33H41NO7S. The van der Waals surface area contributed by atoms with Gasteiger partial charge in [-0.05, 0) is 100 Å². The molecule has 8 nitrogen and oxygen atoms in total. The minimum absolute atomic E-state index is 0.00466. The first kappa shape index (κ1) is 32.7. The molecule has 0 aliphatic heterocycles. The topological polar surface area (TPSA) is 108 Å². The first-order valence-corrected chi connectivity index (χ1v) is 15.4. The number of aryl methyl sites for hydroxylation is 1. The zero-order valence-electron chi connectivity index (χ0n) is 25.6. The Morgan fingerprint density at radius 3 is 1.95 bits per heavy atom. The number of carbonyl (C=O) groups excluding carboxylic acids is 2. The third kappa shape index (κ3) is 8.12. The normalized spacial score (nSPS) is 13.3. The molecule has 0 aliphatic rings. The van der Waals surface area contributed by atoms with E-state index in [1.807, 2.05) is 20.8 Å². The maximum absolute atomic E-state index is 14.5. The quantitative estimate of drug-likeness (QED) is 0.233. The van der Waals surface area contributed by atoms with Crippen molar-refractivity contribution in [3.63, 3.8) is 0 Å². The summed E-state index contributed by atoms with van der Waals surface area (Å²) in [7, 11) is -1.22. The number of ether oxygens (including phenoxy) is 3. The fourth-order valence-corrected chi connectivity index (χ4v) is 6.67. The predicted octanol–water partition coefficient (Wildman–Crippen LogP) is 7.21. The molecule has 0 radical (unpaired) electrons. The van der Waals surface area contributed by atoms with Gasteiger partial charge in [-0.25, -0.2) is 13.2 Å². The molecule has 0 aliphatic carbocycles. The van der Waals surface area contributed by atoms with E-state index in [4.69, 9.17) is 14.2 Å². The maximum Gasteiger partial charge on any atom is 0.412 e. The summed E-state index contributed by atoms with van der Waals surface area (Å²) in [6.07, 6.45) is -0.370. The zero-order chi connectivity index (χ0) is 31.2. The van der Waals surface area contributed by atoms with Gasteiger partial charge in [0, 0.05) is 17.2 Å². The van der Waals surface area contributed by atoms with Gasteiger partial charge in [-0.1, -0.05) is 31.5 Å². The Morgan fingerprint density at radius 2 is 1.43 bits per heavy atom. The van der Waals surface area contributed by atoms with Gasteiger partial charge in [-0.15, -0.1) is 0 Å². The maximum atomic E-state index is 14.5. The van der Waals surface area contributed by atoms with Gasteiger partial charge in [0.25, 0.3) is 0 Å². The Labute approximate surface area is 249 Å².